The monoisotopic (exact) mass is 644 g/mol. The molecule has 2 atom stereocenters. The van der Waals surface area contributed by atoms with Gasteiger partial charge in [0.15, 0.2) is 0 Å². The van der Waals surface area contributed by atoms with Gasteiger partial charge in [-0.25, -0.2) is 19.4 Å². The van der Waals surface area contributed by atoms with Crippen LogP contribution in [0.4, 0.5) is 0 Å². The zero-order valence-electron chi connectivity index (χ0n) is 21.3. The number of ether oxygens (including phenoxy) is 2. The van der Waals surface area contributed by atoms with Gasteiger partial charge in [-0.3, -0.25) is 37.9 Å². The number of aliphatic carboxylic acids is 2. The van der Waals surface area contributed by atoms with Crippen molar-refractivity contribution in [1.29, 1.82) is 0 Å². The Bertz CT molecular complexity index is 1280. The number of carboxylic acids is 2. The van der Waals surface area contributed by atoms with E-state index in [1.165, 1.54) is 0 Å². The van der Waals surface area contributed by atoms with Crippen LogP contribution in [0.2, 0.25) is 0 Å². The van der Waals surface area contributed by atoms with Crippen LogP contribution in [0, 0.1) is 0 Å². The van der Waals surface area contributed by atoms with Crippen molar-refractivity contribution in [2.75, 3.05) is 13.2 Å². The minimum atomic E-state index is -5.87. The second-order valence-corrected chi connectivity index (χ2v) is 11.4. The standard InChI is InChI=1S/C18H20N2O18S2.C2H4/c21-9-1-2-10(22)19(9)17(15(27)28,39(31,32)33)7-13(25)37-5-6-38-14(26)8-18(16(29)30,40(34,35)36)20-11(23)3-4-12(20)24;1-2/h1-8H2,(H,27,28)(H,29,30)(H,31,32,33)(H,34,35,36);1-2H2. The number of esters is 2. The molecular weight excluding hydrogens is 620 g/mol. The Labute approximate surface area is 236 Å². The van der Waals surface area contributed by atoms with E-state index in [4.69, 9.17) is 0 Å². The molecule has 4 amide bonds. The van der Waals surface area contributed by atoms with Crippen LogP contribution in [0.1, 0.15) is 38.5 Å². The van der Waals surface area contributed by atoms with Gasteiger partial charge in [-0.1, -0.05) is 0 Å². The topological polar surface area (TPSA) is 311 Å². The summed E-state index contributed by atoms with van der Waals surface area (Å²) < 4.78 is 75.8. The van der Waals surface area contributed by atoms with Gasteiger partial charge in [0.05, 0.1) is 12.8 Å². The first-order valence-electron chi connectivity index (χ1n) is 11.2. The number of rotatable bonds is 13. The molecule has 0 spiro atoms. The highest BCUT2D eigenvalue weighted by molar-refractivity contribution is 7.88. The number of carbonyl (C=O) groups excluding carboxylic acids is 6. The van der Waals surface area contributed by atoms with Crippen LogP contribution < -0.4 is 0 Å². The predicted octanol–water partition coefficient (Wildman–Crippen LogP) is -2.71. The fourth-order valence-corrected chi connectivity index (χ4v) is 5.81. The van der Waals surface area contributed by atoms with Gasteiger partial charge in [0.2, 0.25) is 23.6 Å². The first-order valence-corrected chi connectivity index (χ1v) is 14.1. The number of imide groups is 2. The van der Waals surface area contributed by atoms with Crippen molar-refractivity contribution in [2.45, 2.75) is 48.3 Å². The summed E-state index contributed by atoms with van der Waals surface area (Å²) in [6, 6.07) is 0. The normalized spacial score (nSPS) is 18.4. The van der Waals surface area contributed by atoms with Crippen molar-refractivity contribution in [3.05, 3.63) is 13.2 Å². The summed E-state index contributed by atoms with van der Waals surface area (Å²) >= 11 is 0. The number of likely N-dealkylation sites (tertiary alicyclic amines) is 2. The molecule has 4 N–H and O–H groups in total. The van der Waals surface area contributed by atoms with Gasteiger partial charge in [0.1, 0.15) is 13.2 Å². The SMILES string of the molecule is C=C.O=C(CC(C(=O)O)(N1C(=O)CCC1=O)S(=O)(=O)O)OCCOC(=O)CC(C(=O)O)(N1C(=O)CCC1=O)S(=O)(=O)O. The van der Waals surface area contributed by atoms with E-state index in [1.54, 1.807) is 0 Å². The van der Waals surface area contributed by atoms with E-state index in [9.17, 15) is 74.5 Å². The number of hydrogen-bond acceptors (Lipinski definition) is 14. The molecule has 2 unspecified atom stereocenters. The molecule has 2 rings (SSSR count). The average Bonchev–Trinajstić information content (AvgIpc) is 3.38. The van der Waals surface area contributed by atoms with E-state index >= 15 is 0 Å². The van der Waals surface area contributed by atoms with Gasteiger partial charge in [-0.15, -0.1) is 13.2 Å². The van der Waals surface area contributed by atoms with E-state index in [0.29, 0.717) is 0 Å². The molecule has 20 nitrogen and oxygen atoms in total. The number of nitrogens with zero attached hydrogens (tertiary/aromatic N) is 2. The lowest BCUT2D eigenvalue weighted by atomic mass is 10.1. The average molecular weight is 645 g/mol. The largest absolute Gasteiger partial charge is 0.479 e. The highest BCUT2D eigenvalue weighted by atomic mass is 32.2. The Hall–Kier alpha value is -4.28. The first-order chi connectivity index (χ1) is 19.2. The Morgan fingerprint density at radius 3 is 1.07 bits per heavy atom. The van der Waals surface area contributed by atoms with Gasteiger partial charge >= 0.3 is 44.1 Å². The Morgan fingerprint density at radius 1 is 0.643 bits per heavy atom. The quantitative estimate of drug-likeness (QED) is 0.0520. The molecule has 0 aromatic heterocycles. The number of carbonyl (C=O) groups is 8. The van der Waals surface area contributed by atoms with Crippen LogP contribution >= 0.6 is 0 Å². The highest BCUT2D eigenvalue weighted by Crippen LogP contribution is 2.34. The maximum absolute atomic E-state index is 12.2. The lowest BCUT2D eigenvalue weighted by Crippen LogP contribution is -2.62. The molecule has 0 aromatic carbocycles. The van der Waals surface area contributed by atoms with Crippen molar-refractivity contribution >= 4 is 67.7 Å². The molecule has 0 radical (unpaired) electrons. The van der Waals surface area contributed by atoms with Crippen LogP contribution in [-0.4, -0.2) is 116 Å². The maximum atomic E-state index is 12.2. The van der Waals surface area contributed by atoms with Crippen LogP contribution in [0.25, 0.3) is 0 Å². The Morgan fingerprint density at radius 2 is 0.881 bits per heavy atom. The van der Waals surface area contributed by atoms with E-state index in [1.807, 2.05) is 0 Å². The number of carboxylic acid groups (broad SMARTS) is 2. The minimum Gasteiger partial charge on any atom is -0.479 e. The summed E-state index contributed by atoms with van der Waals surface area (Å²) in [6.45, 7) is 3.92. The second kappa shape index (κ2) is 13.1. The Balaban J connectivity index is 0.00000431. The molecule has 2 fully saturated rings. The molecule has 2 heterocycles. The fourth-order valence-electron chi connectivity index (χ4n) is 3.90. The third kappa shape index (κ3) is 6.61. The predicted molar refractivity (Wildman–Crippen MR) is 128 cm³/mol. The van der Waals surface area contributed by atoms with Crippen LogP contribution in [-0.2, 0) is 68.1 Å². The molecule has 234 valence electrons. The first kappa shape index (κ1) is 35.7. The highest BCUT2D eigenvalue weighted by Gasteiger charge is 2.64. The second-order valence-electron chi connectivity index (χ2n) is 8.17. The summed E-state index contributed by atoms with van der Waals surface area (Å²) in [5, 5.41) is 18.9. The maximum Gasteiger partial charge on any atom is 0.349 e. The third-order valence-corrected chi connectivity index (χ3v) is 8.43. The van der Waals surface area contributed by atoms with Gasteiger partial charge in [-0.05, 0) is 0 Å². The molecular formula is C20H24N2O18S2. The summed E-state index contributed by atoms with van der Waals surface area (Å²) in [4.78, 5) is 87.7. The van der Waals surface area contributed by atoms with Crippen LogP contribution in [0.15, 0.2) is 13.2 Å². The molecule has 0 saturated carbocycles. The van der Waals surface area contributed by atoms with E-state index in [-0.39, 0.29) is 9.80 Å². The van der Waals surface area contributed by atoms with E-state index in [2.05, 4.69) is 22.6 Å². The van der Waals surface area contributed by atoms with Crippen molar-refractivity contribution in [2.24, 2.45) is 0 Å². The lowest BCUT2D eigenvalue weighted by Gasteiger charge is -2.33. The molecule has 0 aliphatic carbocycles. The van der Waals surface area contributed by atoms with E-state index in [0.717, 1.165) is 0 Å². The van der Waals surface area contributed by atoms with Crippen molar-refractivity contribution in [1.82, 2.24) is 9.80 Å². The summed E-state index contributed by atoms with van der Waals surface area (Å²) in [5.41, 5.74) is 0. The zero-order chi connectivity index (χ0) is 32.8. The Kier molecular flexibility index (Phi) is 11.2. The van der Waals surface area contributed by atoms with Gasteiger partial charge in [-0.2, -0.15) is 16.8 Å². The molecule has 42 heavy (non-hydrogen) atoms. The summed E-state index contributed by atoms with van der Waals surface area (Å²) in [5.74, 6) is -13.8. The van der Waals surface area contributed by atoms with Crippen molar-refractivity contribution in [3.8, 4) is 0 Å². The minimum absolute atomic E-state index is 0.312. The summed E-state index contributed by atoms with van der Waals surface area (Å²) in [7, 11) is -11.7. The fraction of sp³-hybridized carbons (Fsp3) is 0.500. The lowest BCUT2D eigenvalue weighted by molar-refractivity contribution is -0.165. The van der Waals surface area contributed by atoms with Gasteiger partial charge in [0.25, 0.3) is 9.74 Å². The van der Waals surface area contributed by atoms with Gasteiger partial charge in [0, 0.05) is 25.7 Å². The van der Waals surface area contributed by atoms with E-state index < -0.39 is 129 Å². The zero-order valence-corrected chi connectivity index (χ0v) is 22.9. The molecule has 2 aliphatic heterocycles. The molecule has 2 aliphatic rings. The molecule has 0 aromatic rings. The molecule has 22 heteroatoms. The van der Waals surface area contributed by atoms with Crippen LogP contribution in [0.3, 0.4) is 0 Å². The third-order valence-electron chi connectivity index (χ3n) is 5.72. The number of amides is 4. The molecule has 0 bridgehead atoms. The van der Waals surface area contributed by atoms with Crippen molar-refractivity contribution in [3.63, 3.8) is 0 Å². The van der Waals surface area contributed by atoms with Crippen molar-refractivity contribution < 1.29 is 84.0 Å². The number of hydrogen-bond donors (Lipinski definition) is 4. The summed E-state index contributed by atoms with van der Waals surface area (Å²) in [6.07, 6.45) is -6.10. The smallest absolute Gasteiger partial charge is 0.349 e. The van der Waals surface area contributed by atoms with Gasteiger partial charge < -0.3 is 19.7 Å². The molecule has 2 saturated heterocycles. The van der Waals surface area contributed by atoms with Crippen LogP contribution in [0.5, 0.6) is 0 Å².